The van der Waals surface area contributed by atoms with Crippen LogP contribution in [0.25, 0.3) is 0 Å². The molecule has 1 aliphatic rings. The van der Waals surface area contributed by atoms with Crippen molar-refractivity contribution >= 4 is 0 Å². The Labute approximate surface area is 96.3 Å². The molecule has 88 valence electrons. The molecule has 0 fully saturated rings. The lowest BCUT2D eigenvalue weighted by molar-refractivity contribution is 0.545. The van der Waals surface area contributed by atoms with Crippen LogP contribution in [0.1, 0.15) is 56.1 Å². The third kappa shape index (κ3) is 1.69. The summed E-state index contributed by atoms with van der Waals surface area (Å²) in [6.07, 6.45) is 3.27. The van der Waals surface area contributed by atoms with Crippen molar-refractivity contribution in [1.82, 2.24) is 4.57 Å². The first-order valence-electron chi connectivity index (χ1n) is 6.05. The van der Waals surface area contributed by atoms with Gasteiger partial charge in [-0.15, -0.1) is 0 Å². The minimum atomic E-state index is -0.177. The molecule has 2 rings (SSSR count). The first kappa shape index (κ1) is 11.4. The van der Waals surface area contributed by atoms with E-state index in [0.29, 0.717) is 0 Å². The van der Waals surface area contributed by atoms with Crippen LogP contribution in [0.5, 0.6) is 0 Å². The smallest absolute Gasteiger partial charge is 0.255 e. The van der Waals surface area contributed by atoms with Crippen LogP contribution in [-0.2, 0) is 12.8 Å². The lowest BCUT2D eigenvalue weighted by Gasteiger charge is -2.19. The van der Waals surface area contributed by atoms with Crippen molar-refractivity contribution < 1.29 is 0 Å². The van der Waals surface area contributed by atoms with Gasteiger partial charge in [0.15, 0.2) is 0 Å². The normalized spacial score (nSPS) is 16.6. The summed E-state index contributed by atoms with van der Waals surface area (Å²) in [7, 11) is 0. The second-order valence-corrected chi connectivity index (χ2v) is 4.98. The van der Waals surface area contributed by atoms with Crippen molar-refractivity contribution in [3.63, 3.8) is 0 Å². The van der Waals surface area contributed by atoms with Crippen LogP contribution < -0.4 is 11.3 Å². The van der Waals surface area contributed by atoms with Gasteiger partial charge in [0, 0.05) is 23.3 Å². The maximum Gasteiger partial charge on any atom is 0.255 e. The molecule has 3 nitrogen and oxygen atoms in total. The van der Waals surface area contributed by atoms with Gasteiger partial charge in [0.05, 0.1) is 0 Å². The Balaban J connectivity index is 2.71. The lowest BCUT2D eigenvalue weighted by Crippen LogP contribution is -2.31. The lowest BCUT2D eigenvalue weighted by atomic mass is 10.1. The largest absolute Gasteiger partial charge is 0.324 e. The molecule has 1 unspecified atom stereocenters. The molecule has 1 aromatic rings. The molecule has 0 aromatic carbocycles. The van der Waals surface area contributed by atoms with E-state index in [9.17, 15) is 4.79 Å². The molecule has 16 heavy (non-hydrogen) atoms. The van der Waals surface area contributed by atoms with Crippen molar-refractivity contribution in [3.05, 3.63) is 33.2 Å². The Hall–Kier alpha value is -1.09. The summed E-state index contributed by atoms with van der Waals surface area (Å²) < 4.78 is 1.93. The Kier molecular flexibility index (Phi) is 2.89. The topological polar surface area (TPSA) is 48.0 Å². The highest BCUT2D eigenvalue weighted by Crippen LogP contribution is 2.24. The van der Waals surface area contributed by atoms with Gasteiger partial charge in [0.25, 0.3) is 5.56 Å². The van der Waals surface area contributed by atoms with Crippen LogP contribution in [0.15, 0.2) is 10.9 Å². The molecule has 0 aliphatic heterocycles. The van der Waals surface area contributed by atoms with Crippen LogP contribution in [0.2, 0.25) is 0 Å². The van der Waals surface area contributed by atoms with Crippen LogP contribution in [0, 0.1) is 0 Å². The number of nitrogens with zero attached hydrogens (tertiary/aromatic N) is 1. The molecule has 1 aliphatic carbocycles. The first-order valence-corrected chi connectivity index (χ1v) is 6.05. The minimum absolute atomic E-state index is 0.102. The number of nitrogens with two attached hydrogens (primary N) is 1. The maximum atomic E-state index is 12.3. The molecule has 1 aromatic heterocycles. The number of hydrogen-bond donors (Lipinski definition) is 1. The summed E-state index contributed by atoms with van der Waals surface area (Å²) >= 11 is 0. The summed E-state index contributed by atoms with van der Waals surface area (Å²) in [6, 6.07) is 2.07. The van der Waals surface area contributed by atoms with Gasteiger partial charge in [-0.2, -0.15) is 0 Å². The van der Waals surface area contributed by atoms with Crippen LogP contribution >= 0.6 is 0 Å². The molecular formula is C13H20N2O. The summed E-state index contributed by atoms with van der Waals surface area (Å²) in [5.74, 6) is 0. The Morgan fingerprint density at radius 1 is 1.31 bits per heavy atom. The number of aryl methyl sites for hydroxylation is 1. The number of fused-ring (bicyclic) bond motifs is 1. The van der Waals surface area contributed by atoms with E-state index in [0.717, 1.165) is 24.8 Å². The Morgan fingerprint density at radius 3 is 2.56 bits per heavy atom. The van der Waals surface area contributed by atoms with Gasteiger partial charge >= 0.3 is 0 Å². The second-order valence-electron chi connectivity index (χ2n) is 4.98. The van der Waals surface area contributed by atoms with E-state index >= 15 is 0 Å². The highest BCUT2D eigenvalue weighted by Gasteiger charge is 2.21. The predicted molar refractivity (Wildman–Crippen MR) is 65.7 cm³/mol. The third-order valence-corrected chi connectivity index (χ3v) is 3.32. The zero-order chi connectivity index (χ0) is 11.9. The van der Waals surface area contributed by atoms with Crippen molar-refractivity contribution in [2.24, 2.45) is 5.73 Å². The fourth-order valence-corrected chi connectivity index (χ4v) is 2.57. The second kappa shape index (κ2) is 4.06. The van der Waals surface area contributed by atoms with Gasteiger partial charge < -0.3 is 10.3 Å². The highest BCUT2D eigenvalue weighted by atomic mass is 16.1. The van der Waals surface area contributed by atoms with Crippen LogP contribution in [0.4, 0.5) is 0 Å². The van der Waals surface area contributed by atoms with Gasteiger partial charge in [-0.05, 0) is 51.7 Å². The standard InChI is InChI=1S/C13H20N2O/c1-8(2)15-12-6-4-5-10(12)7-11(9(3)14)13(15)16/h7-9H,4-6,14H2,1-3H3. The minimum Gasteiger partial charge on any atom is -0.324 e. The molecular weight excluding hydrogens is 200 g/mol. The molecule has 1 atom stereocenters. The van der Waals surface area contributed by atoms with E-state index in [4.69, 9.17) is 5.73 Å². The molecule has 0 bridgehead atoms. The molecule has 0 radical (unpaired) electrons. The van der Waals surface area contributed by atoms with E-state index in [-0.39, 0.29) is 17.6 Å². The SMILES string of the molecule is CC(N)c1cc2c(n(C(C)C)c1=O)CCC2. The van der Waals surface area contributed by atoms with E-state index in [1.165, 1.54) is 11.3 Å². The number of aromatic nitrogens is 1. The van der Waals surface area contributed by atoms with Gasteiger partial charge in [-0.25, -0.2) is 0 Å². The average Bonchev–Trinajstić information content (AvgIpc) is 2.62. The fraction of sp³-hybridized carbons (Fsp3) is 0.615. The highest BCUT2D eigenvalue weighted by molar-refractivity contribution is 5.32. The summed E-state index contributed by atoms with van der Waals surface area (Å²) in [5.41, 5.74) is 9.27. The molecule has 0 amide bonds. The van der Waals surface area contributed by atoms with E-state index in [1.54, 1.807) is 0 Å². The number of hydrogen-bond acceptors (Lipinski definition) is 2. The van der Waals surface area contributed by atoms with E-state index < -0.39 is 0 Å². The predicted octanol–water partition coefficient (Wildman–Crippen LogP) is 1.94. The van der Waals surface area contributed by atoms with Gasteiger partial charge in [0.1, 0.15) is 0 Å². The molecule has 1 heterocycles. The summed E-state index contributed by atoms with van der Waals surface area (Å²) in [4.78, 5) is 12.3. The Bertz CT molecular complexity index is 458. The van der Waals surface area contributed by atoms with E-state index in [2.05, 4.69) is 13.8 Å². The van der Waals surface area contributed by atoms with Gasteiger partial charge in [-0.3, -0.25) is 4.79 Å². The monoisotopic (exact) mass is 220 g/mol. The molecule has 3 heteroatoms. The summed E-state index contributed by atoms with van der Waals surface area (Å²) in [5, 5.41) is 0. The van der Waals surface area contributed by atoms with Crippen molar-refractivity contribution in [2.75, 3.05) is 0 Å². The zero-order valence-corrected chi connectivity index (χ0v) is 10.3. The van der Waals surface area contributed by atoms with Crippen molar-refractivity contribution in [2.45, 2.75) is 52.1 Å². The van der Waals surface area contributed by atoms with Crippen molar-refractivity contribution in [3.8, 4) is 0 Å². The summed E-state index contributed by atoms with van der Waals surface area (Å²) in [6.45, 7) is 6.00. The quantitative estimate of drug-likeness (QED) is 0.828. The van der Waals surface area contributed by atoms with Crippen LogP contribution in [-0.4, -0.2) is 4.57 Å². The zero-order valence-electron chi connectivity index (χ0n) is 10.3. The number of rotatable bonds is 2. The molecule has 0 spiro atoms. The third-order valence-electron chi connectivity index (χ3n) is 3.32. The average molecular weight is 220 g/mol. The van der Waals surface area contributed by atoms with Crippen molar-refractivity contribution in [1.29, 1.82) is 0 Å². The maximum absolute atomic E-state index is 12.3. The van der Waals surface area contributed by atoms with E-state index in [1.807, 2.05) is 17.6 Å². The molecule has 2 N–H and O–H groups in total. The Morgan fingerprint density at radius 2 is 2.00 bits per heavy atom. The van der Waals surface area contributed by atoms with Crippen LogP contribution in [0.3, 0.4) is 0 Å². The fourth-order valence-electron chi connectivity index (χ4n) is 2.57. The van der Waals surface area contributed by atoms with Gasteiger partial charge in [-0.1, -0.05) is 0 Å². The molecule has 0 saturated carbocycles. The first-order chi connectivity index (χ1) is 7.52. The molecule has 0 saturated heterocycles. The van der Waals surface area contributed by atoms with Gasteiger partial charge in [0.2, 0.25) is 0 Å². The number of pyridine rings is 1.